The van der Waals surface area contributed by atoms with Crippen LogP contribution in [-0.4, -0.2) is 20.5 Å². The Morgan fingerprint density at radius 1 is 0.909 bits per heavy atom. The number of hydrogen-bond donors (Lipinski definition) is 2. The van der Waals surface area contributed by atoms with E-state index in [-0.39, 0.29) is 6.16 Å². The first-order chi connectivity index (χ1) is 10.5. The van der Waals surface area contributed by atoms with Crippen LogP contribution in [-0.2, 0) is 18.2 Å². The predicted octanol–water partition coefficient (Wildman–Crippen LogP) is 3.39. The summed E-state index contributed by atoms with van der Waals surface area (Å²) < 4.78 is 15.0. The maximum absolute atomic E-state index is 10.7. The van der Waals surface area contributed by atoms with E-state index in [1.807, 2.05) is 7.05 Å². The second-order valence-corrected chi connectivity index (χ2v) is 8.02. The first-order valence-electron chi connectivity index (χ1n) is 8.53. The third-order valence-electron chi connectivity index (χ3n) is 3.94. The van der Waals surface area contributed by atoms with Crippen molar-refractivity contribution in [2.45, 2.75) is 70.8 Å². The monoisotopic (exact) mass is 331 g/mol. The zero-order valence-corrected chi connectivity index (χ0v) is 14.8. The Bertz CT molecular complexity index is 442. The molecule has 0 aliphatic heterocycles. The summed E-state index contributed by atoms with van der Waals surface area (Å²) in [5.41, 5.74) is 0. The van der Waals surface area contributed by atoms with Gasteiger partial charge >= 0.3 is 7.60 Å². The Morgan fingerprint density at radius 2 is 1.41 bits per heavy atom. The number of nitrogens with zero attached hydrogens (tertiary/aromatic N) is 2. The molecule has 0 spiro atoms. The lowest BCUT2D eigenvalue weighted by Gasteiger charge is -2.04. The molecule has 128 valence electrons. The number of aryl methyl sites for hydroxylation is 2. The molecular formula is C16H32N2O3P+. The Hall–Kier alpha value is -0.640. The van der Waals surface area contributed by atoms with Gasteiger partial charge in [0.25, 0.3) is 0 Å². The fourth-order valence-corrected chi connectivity index (χ4v) is 3.30. The first-order valence-corrected chi connectivity index (χ1v) is 10.3. The zero-order valence-electron chi connectivity index (χ0n) is 13.9. The van der Waals surface area contributed by atoms with Gasteiger partial charge in [-0.25, -0.2) is 9.13 Å². The highest BCUT2D eigenvalue weighted by Gasteiger charge is 2.10. The molecule has 0 aliphatic carbocycles. The second-order valence-electron chi connectivity index (χ2n) is 6.24. The molecule has 1 rings (SSSR count). The van der Waals surface area contributed by atoms with Crippen molar-refractivity contribution in [2.75, 3.05) is 6.16 Å². The van der Waals surface area contributed by atoms with Crippen molar-refractivity contribution in [3.63, 3.8) is 0 Å². The van der Waals surface area contributed by atoms with Crippen molar-refractivity contribution < 1.29 is 18.9 Å². The third kappa shape index (κ3) is 11.0. The molecule has 1 aromatic heterocycles. The van der Waals surface area contributed by atoms with Crippen molar-refractivity contribution in [3.8, 4) is 0 Å². The zero-order chi connectivity index (χ0) is 16.3. The largest absolute Gasteiger partial charge is 0.325 e. The van der Waals surface area contributed by atoms with Gasteiger partial charge in [0.15, 0.2) is 0 Å². The van der Waals surface area contributed by atoms with Crippen LogP contribution in [0.25, 0.3) is 0 Å². The van der Waals surface area contributed by atoms with Gasteiger partial charge in [-0.1, -0.05) is 44.9 Å². The maximum atomic E-state index is 10.7. The number of hydrogen-bond acceptors (Lipinski definition) is 1. The minimum absolute atomic E-state index is 0.0480. The van der Waals surface area contributed by atoms with Crippen LogP contribution in [0.3, 0.4) is 0 Å². The summed E-state index contributed by atoms with van der Waals surface area (Å²) in [5.74, 6) is 0. The highest BCUT2D eigenvalue weighted by molar-refractivity contribution is 7.51. The summed E-state index contributed by atoms with van der Waals surface area (Å²) in [6.45, 7) is 1.11. The third-order valence-corrected chi connectivity index (χ3v) is 4.84. The van der Waals surface area contributed by atoms with Gasteiger partial charge in [-0.2, -0.15) is 0 Å². The highest BCUT2D eigenvalue weighted by atomic mass is 31.2. The molecule has 0 aromatic carbocycles. The standard InChI is InChI=1S/C16H31N2O3P/c1-17-13-14-18(16-17)12-10-8-6-4-2-3-5-7-9-11-15-22(19,20)21/h13-14,16H,2-12,15H2,1H3,(H-,19,20,21)/p+1. The summed E-state index contributed by atoms with van der Waals surface area (Å²) in [4.78, 5) is 17.5. The van der Waals surface area contributed by atoms with Gasteiger partial charge < -0.3 is 9.79 Å². The Labute approximate surface area is 134 Å². The summed E-state index contributed by atoms with van der Waals surface area (Å²) in [5, 5.41) is 0. The van der Waals surface area contributed by atoms with Gasteiger partial charge in [0.1, 0.15) is 12.4 Å². The van der Waals surface area contributed by atoms with Crippen molar-refractivity contribution in [1.29, 1.82) is 0 Å². The fourth-order valence-electron chi connectivity index (χ4n) is 2.66. The molecule has 0 bridgehead atoms. The molecule has 1 heterocycles. The van der Waals surface area contributed by atoms with Crippen LogP contribution >= 0.6 is 7.60 Å². The lowest BCUT2D eigenvalue weighted by Crippen LogP contribution is -2.23. The Kier molecular flexibility index (Phi) is 9.69. The van der Waals surface area contributed by atoms with E-state index in [4.69, 9.17) is 9.79 Å². The predicted molar refractivity (Wildman–Crippen MR) is 88.7 cm³/mol. The quantitative estimate of drug-likeness (QED) is 0.331. The molecular weight excluding hydrogens is 299 g/mol. The molecule has 2 N–H and O–H groups in total. The molecule has 0 unspecified atom stereocenters. The van der Waals surface area contributed by atoms with Crippen LogP contribution in [0.1, 0.15) is 64.2 Å². The molecule has 5 nitrogen and oxygen atoms in total. The van der Waals surface area contributed by atoms with Crippen molar-refractivity contribution in [1.82, 2.24) is 4.57 Å². The minimum atomic E-state index is -3.77. The molecule has 0 fully saturated rings. The van der Waals surface area contributed by atoms with Crippen molar-refractivity contribution in [3.05, 3.63) is 18.7 Å². The average molecular weight is 331 g/mol. The minimum Gasteiger partial charge on any atom is -0.324 e. The number of rotatable bonds is 13. The number of aromatic nitrogens is 2. The molecule has 1 aromatic rings. The van der Waals surface area contributed by atoms with Crippen LogP contribution in [0.4, 0.5) is 0 Å². The summed E-state index contributed by atoms with van der Waals surface area (Å²) in [6.07, 6.45) is 18.0. The van der Waals surface area contributed by atoms with E-state index < -0.39 is 7.60 Å². The molecule has 0 aliphatic rings. The van der Waals surface area contributed by atoms with Crippen LogP contribution in [0, 0.1) is 0 Å². The molecule has 0 amide bonds. The lowest BCUT2D eigenvalue weighted by atomic mass is 10.1. The maximum Gasteiger partial charge on any atom is 0.325 e. The summed E-state index contributed by atoms with van der Waals surface area (Å²) in [7, 11) is -1.72. The number of unbranched alkanes of at least 4 members (excludes halogenated alkanes) is 9. The van der Waals surface area contributed by atoms with Crippen molar-refractivity contribution >= 4 is 7.60 Å². The van der Waals surface area contributed by atoms with E-state index in [2.05, 4.69) is 27.9 Å². The van der Waals surface area contributed by atoms with Crippen LogP contribution < -0.4 is 4.57 Å². The van der Waals surface area contributed by atoms with Gasteiger partial charge in [-0.3, -0.25) is 4.57 Å². The van der Waals surface area contributed by atoms with E-state index in [0.717, 1.165) is 19.4 Å². The van der Waals surface area contributed by atoms with Gasteiger partial charge in [-0.05, 0) is 19.3 Å². The van der Waals surface area contributed by atoms with E-state index in [0.29, 0.717) is 6.42 Å². The van der Waals surface area contributed by atoms with Gasteiger partial charge in [-0.15, -0.1) is 0 Å². The van der Waals surface area contributed by atoms with E-state index >= 15 is 0 Å². The summed E-state index contributed by atoms with van der Waals surface area (Å²) in [6, 6.07) is 0. The molecule has 0 saturated carbocycles. The van der Waals surface area contributed by atoms with Crippen LogP contribution in [0.15, 0.2) is 18.7 Å². The SMILES string of the molecule is C[n+]1ccn(CCCCCCCCCCCCP(=O)(O)O)c1. The van der Waals surface area contributed by atoms with Crippen LogP contribution in [0.5, 0.6) is 0 Å². The topological polar surface area (TPSA) is 66.3 Å². The van der Waals surface area contributed by atoms with Crippen molar-refractivity contribution in [2.24, 2.45) is 7.05 Å². The van der Waals surface area contributed by atoms with E-state index in [1.54, 1.807) is 0 Å². The average Bonchev–Trinajstić information content (AvgIpc) is 2.84. The Morgan fingerprint density at radius 3 is 1.86 bits per heavy atom. The smallest absolute Gasteiger partial charge is 0.324 e. The van der Waals surface area contributed by atoms with Crippen LogP contribution in [0.2, 0.25) is 0 Å². The second kappa shape index (κ2) is 11.0. The summed E-state index contributed by atoms with van der Waals surface area (Å²) >= 11 is 0. The normalized spacial score (nSPS) is 12.0. The van der Waals surface area contributed by atoms with E-state index in [1.165, 1.54) is 44.9 Å². The molecule has 0 saturated heterocycles. The molecule has 6 heteroatoms. The van der Waals surface area contributed by atoms with Gasteiger partial charge in [0, 0.05) is 6.16 Å². The molecule has 22 heavy (non-hydrogen) atoms. The first kappa shape index (κ1) is 19.4. The van der Waals surface area contributed by atoms with Gasteiger partial charge in [0.05, 0.1) is 13.6 Å². The van der Waals surface area contributed by atoms with Gasteiger partial charge in [0.2, 0.25) is 6.33 Å². The highest BCUT2D eigenvalue weighted by Crippen LogP contribution is 2.35. The van der Waals surface area contributed by atoms with E-state index in [9.17, 15) is 4.57 Å². The fraction of sp³-hybridized carbons (Fsp3) is 0.812. The Balaban J connectivity index is 1.79. The lowest BCUT2D eigenvalue weighted by molar-refractivity contribution is -0.671. The molecule has 0 radical (unpaired) electrons. The number of imidazole rings is 1. The molecule has 0 atom stereocenters.